The molecule has 2 saturated heterocycles. The summed E-state index contributed by atoms with van der Waals surface area (Å²) in [5.41, 5.74) is 6.03. The zero-order valence-corrected chi connectivity index (χ0v) is 11.3. The van der Waals surface area contributed by atoms with Gasteiger partial charge in [-0.3, -0.25) is 9.59 Å². The van der Waals surface area contributed by atoms with Crippen molar-refractivity contribution in [2.75, 3.05) is 13.1 Å². The van der Waals surface area contributed by atoms with Crippen LogP contribution in [0.15, 0.2) is 0 Å². The summed E-state index contributed by atoms with van der Waals surface area (Å²) in [7, 11) is 0. The van der Waals surface area contributed by atoms with E-state index in [-0.39, 0.29) is 23.9 Å². The minimum atomic E-state index is 0.0521. The van der Waals surface area contributed by atoms with Crippen molar-refractivity contribution in [2.24, 2.45) is 17.6 Å². The number of hydrogen-bond acceptors (Lipinski definition) is 3. The number of carbonyl (C=O) groups excluding carboxylic acids is 2. The van der Waals surface area contributed by atoms with Crippen LogP contribution in [0.1, 0.15) is 38.5 Å². The highest BCUT2D eigenvalue weighted by Crippen LogP contribution is 2.33. The van der Waals surface area contributed by atoms with Crippen LogP contribution in [0.3, 0.4) is 0 Å². The van der Waals surface area contributed by atoms with Gasteiger partial charge in [-0.05, 0) is 37.5 Å². The average molecular weight is 265 g/mol. The minimum absolute atomic E-state index is 0.0521. The summed E-state index contributed by atoms with van der Waals surface area (Å²) in [5.74, 6) is 1.38. The predicted molar refractivity (Wildman–Crippen MR) is 71.2 cm³/mol. The van der Waals surface area contributed by atoms with Gasteiger partial charge < -0.3 is 16.0 Å². The molecule has 2 heterocycles. The second-order valence-corrected chi connectivity index (χ2v) is 6.31. The SMILES string of the molecule is NC(CC(=O)N1CCC2NC(=O)CCC2C1)C1CC1. The first-order valence-electron chi connectivity index (χ1n) is 7.46. The van der Waals surface area contributed by atoms with Gasteiger partial charge in [0.25, 0.3) is 0 Å². The molecule has 1 aliphatic carbocycles. The molecule has 3 fully saturated rings. The quantitative estimate of drug-likeness (QED) is 0.767. The summed E-state index contributed by atoms with van der Waals surface area (Å²) in [6.45, 7) is 1.55. The van der Waals surface area contributed by atoms with Crippen LogP contribution in [0, 0.1) is 11.8 Å². The standard InChI is InChI=1S/C14H23N3O2/c15-11(9-1-2-9)7-14(19)17-6-5-12-10(8-17)3-4-13(18)16-12/h9-12H,1-8,15H2,(H,16,18). The normalized spacial score (nSPS) is 32.5. The van der Waals surface area contributed by atoms with E-state index in [1.807, 2.05) is 4.90 Å². The minimum Gasteiger partial charge on any atom is -0.353 e. The first kappa shape index (κ1) is 12.9. The zero-order chi connectivity index (χ0) is 13.4. The number of nitrogens with two attached hydrogens (primary N) is 1. The number of carbonyl (C=O) groups is 2. The molecule has 5 heteroatoms. The molecule has 0 radical (unpaired) electrons. The summed E-state index contributed by atoms with van der Waals surface area (Å²) in [6.07, 6.45) is 5.27. The molecule has 3 rings (SSSR count). The summed E-state index contributed by atoms with van der Waals surface area (Å²) >= 11 is 0. The molecule has 0 aromatic heterocycles. The van der Waals surface area contributed by atoms with E-state index in [0.29, 0.717) is 24.7 Å². The maximum Gasteiger partial charge on any atom is 0.224 e. The van der Waals surface area contributed by atoms with Crippen LogP contribution in [-0.2, 0) is 9.59 Å². The number of piperidine rings is 2. The molecule has 1 saturated carbocycles. The first-order valence-corrected chi connectivity index (χ1v) is 7.46. The van der Waals surface area contributed by atoms with Crippen molar-refractivity contribution in [3.05, 3.63) is 0 Å². The molecule has 0 bridgehead atoms. The molecule has 2 aliphatic heterocycles. The van der Waals surface area contributed by atoms with Gasteiger partial charge in [0.1, 0.15) is 0 Å². The molecule has 5 nitrogen and oxygen atoms in total. The Morgan fingerprint density at radius 2 is 2.16 bits per heavy atom. The Morgan fingerprint density at radius 1 is 1.37 bits per heavy atom. The lowest BCUT2D eigenvalue weighted by Crippen LogP contribution is -2.55. The fourth-order valence-electron chi connectivity index (χ4n) is 3.36. The highest BCUT2D eigenvalue weighted by Gasteiger charge is 2.36. The van der Waals surface area contributed by atoms with Gasteiger partial charge >= 0.3 is 0 Å². The lowest BCUT2D eigenvalue weighted by Gasteiger charge is -2.41. The molecule has 3 aliphatic rings. The third kappa shape index (κ3) is 2.91. The van der Waals surface area contributed by atoms with E-state index in [1.165, 1.54) is 12.8 Å². The van der Waals surface area contributed by atoms with Crippen LogP contribution in [0.5, 0.6) is 0 Å². The lowest BCUT2D eigenvalue weighted by molar-refractivity contribution is -0.135. The Bertz CT molecular complexity index is 381. The van der Waals surface area contributed by atoms with E-state index in [2.05, 4.69) is 5.32 Å². The van der Waals surface area contributed by atoms with Crippen molar-refractivity contribution in [3.8, 4) is 0 Å². The molecule has 3 atom stereocenters. The molecule has 0 spiro atoms. The Kier molecular flexibility index (Phi) is 3.48. The predicted octanol–water partition coefficient (Wildman–Crippen LogP) is 0.241. The second kappa shape index (κ2) is 5.12. The van der Waals surface area contributed by atoms with E-state index < -0.39 is 0 Å². The van der Waals surface area contributed by atoms with E-state index >= 15 is 0 Å². The Morgan fingerprint density at radius 3 is 2.89 bits per heavy atom. The van der Waals surface area contributed by atoms with Crippen LogP contribution in [0.4, 0.5) is 0 Å². The topological polar surface area (TPSA) is 75.4 Å². The van der Waals surface area contributed by atoms with Crippen LogP contribution >= 0.6 is 0 Å². The number of hydrogen-bond donors (Lipinski definition) is 2. The number of rotatable bonds is 3. The number of likely N-dealkylation sites (tertiary alicyclic amines) is 1. The van der Waals surface area contributed by atoms with Gasteiger partial charge in [0.05, 0.1) is 0 Å². The largest absolute Gasteiger partial charge is 0.353 e. The summed E-state index contributed by atoms with van der Waals surface area (Å²) in [4.78, 5) is 25.5. The van der Waals surface area contributed by atoms with Gasteiger partial charge in [0.2, 0.25) is 11.8 Å². The molecule has 0 aromatic rings. The van der Waals surface area contributed by atoms with Crippen LogP contribution in [0.25, 0.3) is 0 Å². The molecule has 0 aromatic carbocycles. The Hall–Kier alpha value is -1.10. The van der Waals surface area contributed by atoms with Crippen LogP contribution < -0.4 is 11.1 Å². The third-order valence-electron chi connectivity index (χ3n) is 4.81. The monoisotopic (exact) mass is 265 g/mol. The van der Waals surface area contributed by atoms with Crippen LogP contribution in [-0.4, -0.2) is 41.9 Å². The molecular formula is C14H23N3O2. The van der Waals surface area contributed by atoms with Crippen molar-refractivity contribution in [3.63, 3.8) is 0 Å². The van der Waals surface area contributed by atoms with Crippen LogP contribution in [0.2, 0.25) is 0 Å². The van der Waals surface area contributed by atoms with E-state index in [9.17, 15) is 9.59 Å². The van der Waals surface area contributed by atoms with Gasteiger partial charge in [-0.15, -0.1) is 0 Å². The van der Waals surface area contributed by atoms with Gasteiger partial charge in [0.15, 0.2) is 0 Å². The molecule has 106 valence electrons. The van der Waals surface area contributed by atoms with E-state index in [4.69, 9.17) is 5.73 Å². The van der Waals surface area contributed by atoms with E-state index in [0.717, 1.165) is 25.9 Å². The highest BCUT2D eigenvalue weighted by atomic mass is 16.2. The van der Waals surface area contributed by atoms with Gasteiger partial charge in [-0.25, -0.2) is 0 Å². The fraction of sp³-hybridized carbons (Fsp3) is 0.857. The molecule has 3 N–H and O–H groups in total. The zero-order valence-electron chi connectivity index (χ0n) is 11.3. The third-order valence-corrected chi connectivity index (χ3v) is 4.81. The second-order valence-electron chi connectivity index (χ2n) is 6.31. The first-order chi connectivity index (χ1) is 9.13. The van der Waals surface area contributed by atoms with E-state index in [1.54, 1.807) is 0 Å². The summed E-state index contributed by atoms with van der Waals surface area (Å²) in [5, 5.41) is 3.05. The molecule has 19 heavy (non-hydrogen) atoms. The van der Waals surface area contributed by atoms with Gasteiger partial charge in [0, 0.05) is 38.0 Å². The number of nitrogens with zero attached hydrogens (tertiary/aromatic N) is 1. The number of amides is 2. The summed E-state index contributed by atoms with van der Waals surface area (Å²) < 4.78 is 0. The molecule has 3 unspecified atom stereocenters. The lowest BCUT2D eigenvalue weighted by atomic mass is 9.85. The average Bonchev–Trinajstić information content (AvgIpc) is 3.22. The molecular weight excluding hydrogens is 242 g/mol. The van der Waals surface area contributed by atoms with Crippen molar-refractivity contribution >= 4 is 11.8 Å². The highest BCUT2D eigenvalue weighted by molar-refractivity contribution is 5.78. The Labute approximate surface area is 113 Å². The van der Waals surface area contributed by atoms with Gasteiger partial charge in [-0.2, -0.15) is 0 Å². The molecule has 2 amide bonds. The maximum absolute atomic E-state index is 12.2. The number of nitrogens with one attached hydrogen (secondary N) is 1. The van der Waals surface area contributed by atoms with Gasteiger partial charge in [-0.1, -0.05) is 0 Å². The van der Waals surface area contributed by atoms with Crippen molar-refractivity contribution < 1.29 is 9.59 Å². The van der Waals surface area contributed by atoms with Crippen molar-refractivity contribution in [1.29, 1.82) is 0 Å². The maximum atomic E-state index is 12.2. The van der Waals surface area contributed by atoms with Crippen molar-refractivity contribution in [2.45, 2.75) is 50.6 Å². The Balaban J connectivity index is 1.52. The van der Waals surface area contributed by atoms with Crippen molar-refractivity contribution in [1.82, 2.24) is 10.2 Å². The number of fused-ring (bicyclic) bond motifs is 1. The fourth-order valence-corrected chi connectivity index (χ4v) is 3.36. The smallest absolute Gasteiger partial charge is 0.224 e. The summed E-state index contributed by atoms with van der Waals surface area (Å²) in [6, 6.07) is 0.332.